The maximum Gasteiger partial charge on any atom is 0.244 e. The first-order valence-corrected chi connectivity index (χ1v) is 11.8. The van der Waals surface area contributed by atoms with Crippen LogP contribution in [0.1, 0.15) is 30.5 Å². The van der Waals surface area contributed by atoms with E-state index in [0.29, 0.717) is 25.3 Å². The van der Waals surface area contributed by atoms with Gasteiger partial charge in [0.25, 0.3) is 0 Å². The molecule has 0 radical (unpaired) electrons. The second-order valence-electron chi connectivity index (χ2n) is 8.47. The lowest BCUT2D eigenvalue weighted by atomic mass is 9.98. The van der Waals surface area contributed by atoms with Gasteiger partial charge in [0.2, 0.25) is 5.91 Å². The van der Waals surface area contributed by atoms with E-state index in [1.807, 2.05) is 50.2 Å². The number of methoxy groups -OCH3 is 1. The second kappa shape index (κ2) is 11.0. The summed E-state index contributed by atoms with van der Waals surface area (Å²) in [5.74, 6) is 1.37. The van der Waals surface area contributed by atoms with Gasteiger partial charge >= 0.3 is 0 Å². The number of carbonyl (C=O) groups excluding carboxylic acids is 1. The van der Waals surface area contributed by atoms with Gasteiger partial charge in [-0.15, -0.1) is 0 Å². The molecule has 1 amide bonds. The average molecular weight is 470 g/mol. The van der Waals surface area contributed by atoms with Crippen molar-refractivity contribution in [1.29, 1.82) is 0 Å². The first kappa shape index (κ1) is 24.1. The SMILES string of the molecule is CCOc1cc2occ(-c3ccc(C)cc3)c2cc1/C(C)=C/C(=O)NCCc1ccccc1OC. The van der Waals surface area contributed by atoms with Crippen LogP contribution in [0.2, 0.25) is 0 Å². The van der Waals surface area contributed by atoms with E-state index in [1.165, 1.54) is 5.56 Å². The summed E-state index contributed by atoms with van der Waals surface area (Å²) in [6.45, 7) is 6.97. The van der Waals surface area contributed by atoms with Crippen molar-refractivity contribution < 1.29 is 18.7 Å². The quantitative estimate of drug-likeness (QED) is 0.281. The zero-order chi connectivity index (χ0) is 24.8. The van der Waals surface area contributed by atoms with Gasteiger partial charge in [0, 0.05) is 35.2 Å². The Morgan fingerprint density at radius 2 is 1.83 bits per heavy atom. The lowest BCUT2D eigenvalue weighted by Gasteiger charge is -2.12. The molecule has 1 aromatic heterocycles. The van der Waals surface area contributed by atoms with E-state index in [0.717, 1.165) is 44.5 Å². The summed E-state index contributed by atoms with van der Waals surface area (Å²) in [6.07, 6.45) is 4.09. The van der Waals surface area contributed by atoms with Gasteiger partial charge in [-0.3, -0.25) is 4.79 Å². The third-order valence-corrected chi connectivity index (χ3v) is 6.00. The monoisotopic (exact) mass is 469 g/mol. The number of rotatable bonds is 9. The fourth-order valence-corrected chi connectivity index (χ4v) is 4.15. The third kappa shape index (κ3) is 5.57. The summed E-state index contributed by atoms with van der Waals surface area (Å²) in [5, 5.41) is 3.96. The molecule has 5 heteroatoms. The highest BCUT2D eigenvalue weighted by molar-refractivity contribution is 6.00. The fourth-order valence-electron chi connectivity index (χ4n) is 4.15. The molecule has 0 fully saturated rings. The van der Waals surface area contributed by atoms with Gasteiger partial charge in [-0.2, -0.15) is 0 Å². The van der Waals surface area contributed by atoms with Crippen LogP contribution in [0.4, 0.5) is 0 Å². The maximum absolute atomic E-state index is 12.7. The van der Waals surface area contributed by atoms with E-state index in [1.54, 1.807) is 19.4 Å². The van der Waals surface area contributed by atoms with Crippen molar-refractivity contribution in [3.05, 3.63) is 89.7 Å². The van der Waals surface area contributed by atoms with E-state index < -0.39 is 0 Å². The Hall–Kier alpha value is -3.99. The number of furan rings is 1. The minimum absolute atomic E-state index is 0.147. The van der Waals surface area contributed by atoms with Gasteiger partial charge in [0.1, 0.15) is 17.1 Å². The highest BCUT2D eigenvalue weighted by atomic mass is 16.5. The largest absolute Gasteiger partial charge is 0.496 e. The molecule has 0 saturated heterocycles. The lowest BCUT2D eigenvalue weighted by molar-refractivity contribution is -0.116. The predicted molar refractivity (Wildman–Crippen MR) is 141 cm³/mol. The molecule has 1 heterocycles. The smallest absolute Gasteiger partial charge is 0.244 e. The Labute approximate surface area is 206 Å². The number of hydrogen-bond acceptors (Lipinski definition) is 4. The van der Waals surface area contributed by atoms with Gasteiger partial charge in [-0.1, -0.05) is 48.0 Å². The van der Waals surface area contributed by atoms with Gasteiger partial charge in [0.05, 0.1) is 20.0 Å². The van der Waals surface area contributed by atoms with Crippen molar-refractivity contribution in [3.8, 4) is 22.6 Å². The number of amides is 1. The molecule has 0 aliphatic rings. The number of hydrogen-bond donors (Lipinski definition) is 1. The molecule has 1 N–H and O–H groups in total. The van der Waals surface area contributed by atoms with Gasteiger partial charge in [-0.05, 0) is 56.0 Å². The lowest BCUT2D eigenvalue weighted by Crippen LogP contribution is -2.24. The molecule has 0 atom stereocenters. The molecule has 0 saturated carbocycles. The molecule has 0 unspecified atom stereocenters. The zero-order valence-corrected chi connectivity index (χ0v) is 20.7. The molecule has 5 nitrogen and oxygen atoms in total. The summed E-state index contributed by atoms with van der Waals surface area (Å²) >= 11 is 0. The van der Waals surface area contributed by atoms with Crippen LogP contribution < -0.4 is 14.8 Å². The third-order valence-electron chi connectivity index (χ3n) is 6.00. The van der Waals surface area contributed by atoms with Crippen molar-refractivity contribution in [2.45, 2.75) is 27.2 Å². The summed E-state index contributed by atoms with van der Waals surface area (Å²) in [6, 6.07) is 20.1. The minimum atomic E-state index is -0.147. The Morgan fingerprint density at radius 3 is 2.57 bits per heavy atom. The highest BCUT2D eigenvalue weighted by Crippen LogP contribution is 2.37. The first-order valence-electron chi connectivity index (χ1n) is 11.8. The number of carbonyl (C=O) groups is 1. The Morgan fingerprint density at radius 1 is 1.06 bits per heavy atom. The number of benzene rings is 3. The zero-order valence-electron chi connectivity index (χ0n) is 20.7. The van der Waals surface area contributed by atoms with Crippen LogP contribution in [-0.2, 0) is 11.2 Å². The Balaban J connectivity index is 1.57. The molecule has 35 heavy (non-hydrogen) atoms. The molecule has 0 aliphatic carbocycles. The molecule has 0 spiro atoms. The van der Waals surface area contributed by atoms with Crippen molar-refractivity contribution in [3.63, 3.8) is 0 Å². The summed E-state index contributed by atoms with van der Waals surface area (Å²) in [7, 11) is 1.65. The second-order valence-corrected chi connectivity index (χ2v) is 8.47. The Kier molecular flexibility index (Phi) is 7.56. The fraction of sp³-hybridized carbons (Fsp3) is 0.233. The normalized spacial score (nSPS) is 11.5. The summed E-state index contributed by atoms with van der Waals surface area (Å²) in [5.41, 5.74) is 6.80. The number of aryl methyl sites for hydroxylation is 1. The van der Waals surface area contributed by atoms with Gasteiger partial charge in [0.15, 0.2) is 0 Å². The molecule has 3 aromatic carbocycles. The van der Waals surface area contributed by atoms with E-state index in [9.17, 15) is 4.79 Å². The van der Waals surface area contributed by atoms with Crippen LogP contribution in [-0.4, -0.2) is 26.2 Å². The summed E-state index contributed by atoms with van der Waals surface area (Å²) in [4.78, 5) is 12.7. The molecule has 180 valence electrons. The van der Waals surface area contributed by atoms with Crippen LogP contribution in [0.15, 0.2) is 77.4 Å². The van der Waals surface area contributed by atoms with E-state index in [4.69, 9.17) is 13.9 Å². The number of ether oxygens (including phenoxy) is 2. The van der Waals surface area contributed by atoms with Gasteiger partial charge in [-0.25, -0.2) is 0 Å². The molecule has 0 bridgehead atoms. The van der Waals surface area contributed by atoms with Crippen LogP contribution in [0.5, 0.6) is 11.5 Å². The number of para-hydroxylation sites is 1. The van der Waals surface area contributed by atoms with Crippen molar-refractivity contribution >= 4 is 22.4 Å². The van der Waals surface area contributed by atoms with Crippen molar-refractivity contribution in [2.75, 3.05) is 20.3 Å². The Bertz CT molecular complexity index is 1350. The van der Waals surface area contributed by atoms with E-state index in [-0.39, 0.29) is 5.91 Å². The molecule has 4 aromatic rings. The van der Waals surface area contributed by atoms with Crippen LogP contribution in [0, 0.1) is 6.92 Å². The molecule has 0 aliphatic heterocycles. The van der Waals surface area contributed by atoms with E-state index in [2.05, 4.69) is 36.5 Å². The molecule has 4 rings (SSSR count). The number of nitrogens with one attached hydrogen (secondary N) is 1. The highest BCUT2D eigenvalue weighted by Gasteiger charge is 2.15. The van der Waals surface area contributed by atoms with E-state index >= 15 is 0 Å². The standard InChI is InChI=1S/C30H31NO4/c1-5-34-28-18-29-25(26(19-35-29)22-12-10-20(2)11-13-22)17-24(28)21(3)16-30(32)31-15-14-23-8-6-7-9-27(23)33-4/h6-13,16-19H,5,14-15H2,1-4H3,(H,31,32)/b21-16+. The van der Waals surface area contributed by atoms with Crippen LogP contribution >= 0.6 is 0 Å². The molecular weight excluding hydrogens is 438 g/mol. The average Bonchev–Trinajstić information content (AvgIpc) is 3.27. The van der Waals surface area contributed by atoms with Gasteiger partial charge < -0.3 is 19.2 Å². The summed E-state index contributed by atoms with van der Waals surface area (Å²) < 4.78 is 17.1. The van der Waals surface area contributed by atoms with Crippen molar-refractivity contribution in [2.24, 2.45) is 0 Å². The van der Waals surface area contributed by atoms with Crippen molar-refractivity contribution in [1.82, 2.24) is 5.32 Å². The molecular formula is C30H31NO4. The van der Waals surface area contributed by atoms with Crippen LogP contribution in [0.25, 0.3) is 27.7 Å². The topological polar surface area (TPSA) is 60.7 Å². The maximum atomic E-state index is 12.7. The number of allylic oxidation sites excluding steroid dienone is 1. The first-order chi connectivity index (χ1) is 17.0. The van der Waals surface area contributed by atoms with Crippen LogP contribution in [0.3, 0.4) is 0 Å². The number of fused-ring (bicyclic) bond motifs is 1. The minimum Gasteiger partial charge on any atom is -0.496 e. The predicted octanol–water partition coefficient (Wildman–Crippen LogP) is 6.58.